The van der Waals surface area contributed by atoms with E-state index in [2.05, 4.69) is 0 Å². The minimum Gasteiger partial charge on any atom is -0.494 e. The molecule has 2 amide bonds. The summed E-state index contributed by atoms with van der Waals surface area (Å²) in [6.07, 6.45) is -5.73. The number of amides is 2. The third-order valence-corrected chi connectivity index (χ3v) is 6.09. The van der Waals surface area contributed by atoms with E-state index in [0.29, 0.717) is 23.7 Å². The molecule has 180 valence electrons. The van der Waals surface area contributed by atoms with Crippen LogP contribution in [-0.4, -0.2) is 24.5 Å². The molecular weight excluding hydrogens is 461 g/mol. The van der Waals surface area contributed by atoms with Crippen molar-refractivity contribution in [1.82, 2.24) is 0 Å². The van der Waals surface area contributed by atoms with E-state index in [9.17, 15) is 22.8 Å². The van der Waals surface area contributed by atoms with E-state index in [-0.39, 0.29) is 5.56 Å². The molecule has 0 aliphatic carbocycles. The van der Waals surface area contributed by atoms with E-state index in [4.69, 9.17) is 9.57 Å². The third-order valence-electron chi connectivity index (χ3n) is 6.09. The first-order chi connectivity index (χ1) is 16.8. The molecule has 0 unspecified atom stereocenters. The molecule has 0 saturated carbocycles. The van der Waals surface area contributed by atoms with Gasteiger partial charge >= 0.3 is 6.18 Å². The average Bonchev–Trinajstić information content (AvgIpc) is 3.36. The van der Waals surface area contributed by atoms with Crippen molar-refractivity contribution >= 4 is 23.2 Å². The molecule has 3 aromatic carbocycles. The number of fused-ring (bicyclic) bond motifs is 1. The number of ether oxygens (including phenoxy) is 1. The lowest BCUT2D eigenvalue weighted by molar-refractivity contribution is -0.137. The van der Waals surface area contributed by atoms with Gasteiger partial charge in [-0.25, -0.2) is 9.96 Å². The summed E-state index contributed by atoms with van der Waals surface area (Å²) in [7, 11) is 0. The molecular formula is C26H21F3N2O4. The molecule has 2 heterocycles. The fraction of sp³-hybridized carbons (Fsp3) is 0.231. The minimum absolute atomic E-state index is 0.228. The summed E-state index contributed by atoms with van der Waals surface area (Å²) in [4.78, 5) is 33.9. The maximum atomic E-state index is 13.6. The zero-order valence-electron chi connectivity index (χ0n) is 18.6. The zero-order chi connectivity index (χ0) is 24.7. The number of rotatable bonds is 5. The number of halogens is 3. The first-order valence-electron chi connectivity index (χ1n) is 11.1. The van der Waals surface area contributed by atoms with E-state index >= 15 is 0 Å². The average molecular weight is 482 g/mol. The molecule has 9 heteroatoms. The number of benzene rings is 3. The van der Waals surface area contributed by atoms with Gasteiger partial charge in [0.25, 0.3) is 5.91 Å². The van der Waals surface area contributed by atoms with Crippen molar-refractivity contribution in [1.29, 1.82) is 0 Å². The number of nitrogens with zero attached hydrogens (tertiary/aromatic N) is 2. The highest BCUT2D eigenvalue weighted by molar-refractivity contribution is 6.23. The van der Waals surface area contributed by atoms with Crippen LogP contribution < -0.4 is 14.7 Å². The van der Waals surface area contributed by atoms with Crippen molar-refractivity contribution in [2.75, 3.05) is 16.6 Å². The summed E-state index contributed by atoms with van der Waals surface area (Å²) in [6, 6.07) is 19.0. The topological polar surface area (TPSA) is 59.1 Å². The number of anilines is 2. The molecule has 3 atom stereocenters. The summed E-state index contributed by atoms with van der Waals surface area (Å²) in [5.74, 6) is -1.55. The van der Waals surface area contributed by atoms with Crippen molar-refractivity contribution in [3.63, 3.8) is 0 Å². The lowest BCUT2D eigenvalue weighted by atomic mass is 9.89. The monoisotopic (exact) mass is 482 g/mol. The Balaban J connectivity index is 1.56. The lowest BCUT2D eigenvalue weighted by Gasteiger charge is -2.29. The SMILES string of the molecule is CCOc1ccc(N2C(=O)[C@H]3[C@@H](c4cccc(C(F)(F)F)c4)N(c4ccccc4)O[C@H]3C2=O)cc1. The van der Waals surface area contributed by atoms with Crippen molar-refractivity contribution < 1.29 is 32.3 Å². The predicted molar refractivity (Wildman–Crippen MR) is 122 cm³/mol. The van der Waals surface area contributed by atoms with Gasteiger partial charge in [-0.15, -0.1) is 0 Å². The standard InChI is InChI=1S/C26H21F3N2O4/c1-2-34-20-13-11-18(12-14-20)30-24(32)21-22(16-7-6-8-17(15-16)26(27,28)29)31(35-23(21)25(30)33)19-9-4-3-5-10-19/h3-15,21-23H,2H2,1H3/t21-,22+,23+/m0/s1. The van der Waals surface area contributed by atoms with Crippen LogP contribution in [0.5, 0.6) is 5.75 Å². The smallest absolute Gasteiger partial charge is 0.416 e. The number of hydrogen-bond donors (Lipinski definition) is 0. The maximum Gasteiger partial charge on any atom is 0.416 e. The first kappa shape index (κ1) is 22.9. The van der Waals surface area contributed by atoms with Gasteiger partial charge in [-0.3, -0.25) is 14.4 Å². The summed E-state index contributed by atoms with van der Waals surface area (Å²) in [6.45, 7) is 2.30. The van der Waals surface area contributed by atoms with E-state index in [1.165, 1.54) is 17.2 Å². The molecule has 3 aromatic rings. The Hall–Kier alpha value is -3.85. The zero-order valence-corrected chi connectivity index (χ0v) is 18.6. The molecule has 2 fully saturated rings. The Kier molecular flexibility index (Phi) is 5.72. The molecule has 2 aliphatic heterocycles. The van der Waals surface area contributed by atoms with Gasteiger partial charge < -0.3 is 4.74 Å². The highest BCUT2D eigenvalue weighted by Gasteiger charge is 2.60. The Morgan fingerprint density at radius 1 is 0.886 bits per heavy atom. The number of imide groups is 1. The van der Waals surface area contributed by atoms with Gasteiger partial charge in [0.2, 0.25) is 5.91 Å². The lowest BCUT2D eigenvalue weighted by Crippen LogP contribution is -2.37. The van der Waals surface area contributed by atoms with Crippen LogP contribution in [0.1, 0.15) is 24.1 Å². The molecule has 0 N–H and O–H groups in total. The number of para-hydroxylation sites is 1. The molecule has 35 heavy (non-hydrogen) atoms. The fourth-order valence-corrected chi connectivity index (χ4v) is 4.56. The van der Waals surface area contributed by atoms with Crippen LogP contribution in [0.15, 0.2) is 78.9 Å². The molecule has 5 rings (SSSR count). The van der Waals surface area contributed by atoms with Crippen LogP contribution in [0.25, 0.3) is 0 Å². The number of hydroxylamine groups is 1. The highest BCUT2D eigenvalue weighted by Crippen LogP contribution is 2.48. The van der Waals surface area contributed by atoms with Gasteiger partial charge in [-0.1, -0.05) is 30.3 Å². The van der Waals surface area contributed by atoms with Gasteiger partial charge in [-0.2, -0.15) is 13.2 Å². The van der Waals surface area contributed by atoms with Crippen LogP contribution in [-0.2, 0) is 20.6 Å². The van der Waals surface area contributed by atoms with Crippen LogP contribution in [0.2, 0.25) is 0 Å². The van der Waals surface area contributed by atoms with Crippen LogP contribution in [0, 0.1) is 5.92 Å². The fourth-order valence-electron chi connectivity index (χ4n) is 4.56. The van der Waals surface area contributed by atoms with Gasteiger partial charge in [0.1, 0.15) is 11.7 Å². The molecule has 0 aromatic heterocycles. The van der Waals surface area contributed by atoms with Crippen molar-refractivity contribution in [2.45, 2.75) is 25.2 Å². The summed E-state index contributed by atoms with van der Waals surface area (Å²) >= 11 is 0. The number of hydrogen-bond acceptors (Lipinski definition) is 5. The Bertz CT molecular complexity index is 1250. The van der Waals surface area contributed by atoms with E-state index in [1.807, 2.05) is 6.92 Å². The second-order valence-electron chi connectivity index (χ2n) is 8.22. The Morgan fingerprint density at radius 2 is 1.60 bits per heavy atom. The van der Waals surface area contributed by atoms with Crippen molar-refractivity contribution in [2.24, 2.45) is 5.92 Å². The molecule has 0 spiro atoms. The van der Waals surface area contributed by atoms with Crippen molar-refractivity contribution in [3.05, 3.63) is 90.0 Å². The maximum absolute atomic E-state index is 13.6. The van der Waals surface area contributed by atoms with Gasteiger partial charge in [0.15, 0.2) is 6.10 Å². The normalized spacial score (nSPS) is 22.0. The molecule has 2 aliphatic rings. The number of alkyl halides is 3. The van der Waals surface area contributed by atoms with E-state index in [0.717, 1.165) is 17.0 Å². The highest BCUT2D eigenvalue weighted by atomic mass is 19.4. The Labute approximate surface area is 199 Å². The molecule has 0 bridgehead atoms. The quantitative estimate of drug-likeness (QED) is 0.471. The van der Waals surface area contributed by atoms with Gasteiger partial charge in [0, 0.05) is 0 Å². The van der Waals surface area contributed by atoms with Gasteiger partial charge in [0.05, 0.1) is 29.6 Å². The van der Waals surface area contributed by atoms with E-state index in [1.54, 1.807) is 54.6 Å². The summed E-state index contributed by atoms with van der Waals surface area (Å²) < 4.78 is 45.8. The summed E-state index contributed by atoms with van der Waals surface area (Å²) in [5.41, 5.74) is 0.255. The van der Waals surface area contributed by atoms with Crippen LogP contribution in [0.3, 0.4) is 0 Å². The predicted octanol–water partition coefficient (Wildman–Crippen LogP) is 5.16. The molecule has 2 saturated heterocycles. The Morgan fingerprint density at radius 3 is 2.26 bits per heavy atom. The summed E-state index contributed by atoms with van der Waals surface area (Å²) in [5, 5.41) is 1.37. The number of carbonyl (C=O) groups excluding carboxylic acids is 2. The first-order valence-corrected chi connectivity index (χ1v) is 11.1. The molecule has 6 nitrogen and oxygen atoms in total. The molecule has 0 radical (unpaired) electrons. The number of carbonyl (C=O) groups is 2. The van der Waals surface area contributed by atoms with E-state index < -0.39 is 41.6 Å². The largest absolute Gasteiger partial charge is 0.494 e. The van der Waals surface area contributed by atoms with Crippen LogP contribution in [0.4, 0.5) is 24.5 Å². The second-order valence-corrected chi connectivity index (χ2v) is 8.22. The minimum atomic E-state index is -4.56. The second kappa shape index (κ2) is 8.74. The van der Waals surface area contributed by atoms with Crippen molar-refractivity contribution in [3.8, 4) is 5.75 Å². The third kappa shape index (κ3) is 4.01. The van der Waals surface area contributed by atoms with Gasteiger partial charge in [-0.05, 0) is 61.0 Å². The van der Waals surface area contributed by atoms with Crippen LogP contribution >= 0.6 is 0 Å².